The number of sulfone groups is 1. The van der Waals surface area contributed by atoms with E-state index in [0.717, 1.165) is 25.7 Å². The number of hydrogen-bond donors (Lipinski definition) is 0. The van der Waals surface area contributed by atoms with Crippen molar-refractivity contribution in [3.05, 3.63) is 42.2 Å². The van der Waals surface area contributed by atoms with Gasteiger partial charge in [-0.25, -0.2) is 12.8 Å². The summed E-state index contributed by atoms with van der Waals surface area (Å²) in [6.45, 7) is 7.33. The van der Waals surface area contributed by atoms with Crippen LogP contribution in [-0.2, 0) is 9.84 Å². The number of nitrogens with zero attached hydrogens (tertiary/aromatic N) is 1. The maximum absolute atomic E-state index is 14.8. The van der Waals surface area contributed by atoms with Crippen LogP contribution in [0.1, 0.15) is 31.2 Å². The lowest BCUT2D eigenvalue weighted by atomic mass is 9.89. The molecule has 1 saturated heterocycles. The molecule has 0 aliphatic carbocycles. The van der Waals surface area contributed by atoms with E-state index in [2.05, 4.69) is 11.5 Å². The van der Waals surface area contributed by atoms with Crippen molar-refractivity contribution in [3.63, 3.8) is 0 Å². The van der Waals surface area contributed by atoms with Gasteiger partial charge in [0.15, 0.2) is 15.1 Å². The molecule has 0 aromatic heterocycles. The lowest BCUT2D eigenvalue weighted by Crippen LogP contribution is -2.35. The Kier molecular flexibility index (Phi) is 5.93. The summed E-state index contributed by atoms with van der Waals surface area (Å²) in [4.78, 5) is 1.27. The molecule has 140 valence electrons. The summed E-state index contributed by atoms with van der Waals surface area (Å²) in [7, 11) is -4.94. The van der Waals surface area contributed by atoms with Crippen LogP contribution < -0.4 is 0 Å². The molecule has 25 heavy (non-hydrogen) atoms. The van der Waals surface area contributed by atoms with E-state index in [9.17, 15) is 26.0 Å². The maximum atomic E-state index is 14.8. The molecule has 1 atom stereocenters. The third-order valence-corrected chi connectivity index (χ3v) is 6.70. The smallest absolute Gasteiger partial charge is 0.304 e. The standard InChI is InChI=1S/C17H21F4NO2S/c1-3-15(17(19,20)21)25(23,24)14-7-5-6-13(16(14)18)12-8-10-22(4-2)11-9-12/h3,5-7,12,15H,1,4,8-11H2,2H3. The normalized spacial score (nSPS) is 18.9. The van der Waals surface area contributed by atoms with Crippen molar-refractivity contribution in [2.24, 2.45) is 0 Å². The first-order valence-corrected chi connectivity index (χ1v) is 9.61. The number of hydrogen-bond acceptors (Lipinski definition) is 3. The van der Waals surface area contributed by atoms with Crippen molar-refractivity contribution in [1.82, 2.24) is 4.90 Å². The average molecular weight is 379 g/mol. The second-order valence-corrected chi connectivity index (χ2v) is 8.15. The van der Waals surface area contributed by atoms with Gasteiger partial charge in [0.1, 0.15) is 10.7 Å². The van der Waals surface area contributed by atoms with Gasteiger partial charge in [0.05, 0.1) is 0 Å². The van der Waals surface area contributed by atoms with Crippen molar-refractivity contribution in [2.75, 3.05) is 19.6 Å². The summed E-state index contributed by atoms with van der Waals surface area (Å²) in [6, 6.07) is 3.64. The van der Waals surface area contributed by atoms with Gasteiger partial charge in [-0.15, -0.1) is 6.58 Å². The summed E-state index contributed by atoms with van der Waals surface area (Å²) in [5.41, 5.74) is 0.168. The van der Waals surface area contributed by atoms with E-state index in [-0.39, 0.29) is 11.5 Å². The van der Waals surface area contributed by atoms with Crippen molar-refractivity contribution >= 4 is 9.84 Å². The first kappa shape index (κ1) is 19.9. The summed E-state index contributed by atoms with van der Waals surface area (Å²) in [6.07, 6.45) is -3.48. The molecule has 1 aromatic carbocycles. The molecule has 1 aliphatic rings. The van der Waals surface area contributed by atoms with Gasteiger partial charge >= 0.3 is 6.18 Å². The number of benzene rings is 1. The van der Waals surface area contributed by atoms with Gasteiger partial charge in [-0.05, 0) is 50.0 Å². The third kappa shape index (κ3) is 4.06. The zero-order valence-corrected chi connectivity index (χ0v) is 14.7. The Morgan fingerprint density at radius 1 is 1.32 bits per heavy atom. The summed E-state index contributed by atoms with van der Waals surface area (Å²) in [5.74, 6) is -1.28. The Morgan fingerprint density at radius 3 is 2.40 bits per heavy atom. The molecule has 0 amide bonds. The lowest BCUT2D eigenvalue weighted by Gasteiger charge is -2.31. The molecule has 3 nitrogen and oxygen atoms in total. The molecule has 0 saturated carbocycles. The highest BCUT2D eigenvalue weighted by Gasteiger charge is 2.48. The van der Waals surface area contributed by atoms with Gasteiger partial charge < -0.3 is 4.90 Å². The first-order chi connectivity index (χ1) is 11.6. The van der Waals surface area contributed by atoms with Crippen LogP contribution >= 0.6 is 0 Å². The van der Waals surface area contributed by atoms with Gasteiger partial charge in [-0.3, -0.25) is 0 Å². The number of rotatable bonds is 5. The molecule has 8 heteroatoms. The fourth-order valence-electron chi connectivity index (χ4n) is 3.20. The van der Waals surface area contributed by atoms with Crippen LogP contribution in [0.15, 0.2) is 35.7 Å². The summed E-state index contributed by atoms with van der Waals surface area (Å²) in [5, 5.41) is -2.83. The van der Waals surface area contributed by atoms with Gasteiger partial charge in [-0.1, -0.05) is 25.1 Å². The van der Waals surface area contributed by atoms with Crippen LogP contribution in [0, 0.1) is 5.82 Å². The van der Waals surface area contributed by atoms with Crippen LogP contribution in [0.25, 0.3) is 0 Å². The Bertz CT molecular complexity index is 723. The monoisotopic (exact) mass is 379 g/mol. The highest BCUT2D eigenvalue weighted by atomic mass is 32.2. The molecule has 0 N–H and O–H groups in total. The molecule has 1 heterocycles. The van der Waals surface area contributed by atoms with E-state index >= 15 is 0 Å². The number of likely N-dealkylation sites (tertiary alicyclic amines) is 1. The third-order valence-electron chi connectivity index (χ3n) is 4.65. The van der Waals surface area contributed by atoms with E-state index in [1.165, 1.54) is 12.1 Å². The largest absolute Gasteiger partial charge is 0.409 e. The topological polar surface area (TPSA) is 37.4 Å². The second kappa shape index (κ2) is 7.45. The SMILES string of the molecule is C=CC(C(F)(F)F)S(=O)(=O)c1cccc(C2CCN(CC)CC2)c1F. The van der Waals surface area contributed by atoms with Crippen molar-refractivity contribution in [3.8, 4) is 0 Å². The van der Waals surface area contributed by atoms with E-state index in [1.807, 2.05) is 6.92 Å². The predicted octanol–water partition coefficient (Wildman–Crippen LogP) is 3.92. The van der Waals surface area contributed by atoms with E-state index in [1.54, 1.807) is 0 Å². The molecule has 2 rings (SSSR count). The molecular formula is C17H21F4NO2S. The maximum Gasteiger partial charge on any atom is 0.409 e. The van der Waals surface area contributed by atoms with E-state index in [4.69, 9.17) is 0 Å². The Morgan fingerprint density at radius 2 is 1.92 bits per heavy atom. The van der Waals surface area contributed by atoms with Gasteiger partial charge in [-0.2, -0.15) is 13.2 Å². The quantitative estimate of drug-likeness (QED) is 0.575. The molecule has 1 unspecified atom stereocenters. The minimum Gasteiger partial charge on any atom is -0.304 e. The summed E-state index contributed by atoms with van der Waals surface area (Å²) < 4.78 is 78.4. The first-order valence-electron chi connectivity index (χ1n) is 8.06. The van der Waals surface area contributed by atoms with Gasteiger partial charge in [0.2, 0.25) is 0 Å². The number of alkyl halides is 3. The van der Waals surface area contributed by atoms with Crippen LogP contribution in [0.4, 0.5) is 17.6 Å². The highest BCUT2D eigenvalue weighted by Crippen LogP contribution is 2.36. The van der Waals surface area contributed by atoms with Crippen LogP contribution in [0.3, 0.4) is 0 Å². The van der Waals surface area contributed by atoms with Crippen molar-refractivity contribution in [1.29, 1.82) is 0 Å². The fraction of sp³-hybridized carbons (Fsp3) is 0.529. The molecule has 1 aromatic rings. The molecule has 1 aliphatic heterocycles. The Hall–Kier alpha value is -1.41. The lowest BCUT2D eigenvalue weighted by molar-refractivity contribution is -0.121. The molecule has 0 radical (unpaired) electrons. The van der Waals surface area contributed by atoms with Crippen molar-refractivity contribution < 1.29 is 26.0 Å². The van der Waals surface area contributed by atoms with E-state index in [0.29, 0.717) is 18.9 Å². The molecule has 1 fully saturated rings. The highest BCUT2D eigenvalue weighted by molar-refractivity contribution is 7.92. The Labute approximate surface area is 145 Å². The van der Waals surface area contributed by atoms with Gasteiger partial charge in [0, 0.05) is 0 Å². The molecule has 0 bridgehead atoms. The minimum absolute atomic E-state index is 0.168. The average Bonchev–Trinajstić information content (AvgIpc) is 2.54. The zero-order valence-electron chi connectivity index (χ0n) is 13.9. The van der Waals surface area contributed by atoms with Crippen molar-refractivity contribution in [2.45, 2.75) is 42.0 Å². The number of piperidine rings is 1. The minimum atomic E-state index is -5.05. The predicted molar refractivity (Wildman–Crippen MR) is 87.7 cm³/mol. The number of halogens is 4. The van der Waals surface area contributed by atoms with Crippen LogP contribution in [-0.4, -0.2) is 44.4 Å². The van der Waals surface area contributed by atoms with Gasteiger partial charge in [0.25, 0.3) is 0 Å². The van der Waals surface area contributed by atoms with Crippen LogP contribution in [0.2, 0.25) is 0 Å². The zero-order chi connectivity index (χ0) is 18.8. The van der Waals surface area contributed by atoms with Crippen LogP contribution in [0.5, 0.6) is 0 Å². The Balaban J connectivity index is 2.40. The second-order valence-electron chi connectivity index (χ2n) is 6.11. The van der Waals surface area contributed by atoms with E-state index < -0.39 is 32.0 Å². The fourth-order valence-corrected chi connectivity index (χ4v) is 4.71. The molecular weight excluding hydrogens is 358 g/mol. The summed E-state index contributed by atoms with van der Waals surface area (Å²) >= 11 is 0. The molecule has 0 spiro atoms.